The van der Waals surface area contributed by atoms with Crippen LogP contribution in [0.15, 0.2) is 83.8 Å². The van der Waals surface area contributed by atoms with Crippen LogP contribution in [0.2, 0.25) is 0 Å². The Morgan fingerprint density at radius 1 is 0.900 bits per heavy atom. The minimum atomic E-state index is -3.81. The van der Waals surface area contributed by atoms with Gasteiger partial charge in [-0.15, -0.1) is 0 Å². The first kappa shape index (κ1) is 20.2. The maximum absolute atomic E-state index is 13.2. The summed E-state index contributed by atoms with van der Waals surface area (Å²) in [7, 11) is -3.81. The quantitative estimate of drug-likeness (QED) is 0.655. The molecular weight excluding hydrogens is 396 g/mol. The highest BCUT2D eigenvalue weighted by atomic mass is 32.2. The lowest BCUT2D eigenvalue weighted by Crippen LogP contribution is -2.44. The van der Waals surface area contributed by atoms with Crippen molar-refractivity contribution >= 4 is 21.6 Å². The van der Waals surface area contributed by atoms with E-state index in [9.17, 15) is 13.2 Å². The molecule has 1 atom stereocenters. The van der Waals surface area contributed by atoms with Crippen LogP contribution in [0.1, 0.15) is 18.9 Å². The standard InChI is InChI=1S/C24H24N2O3S/c1-18(15-16-19-9-3-2-4-10-19)25-24(27)17-26-22-13-7-5-11-20(22)21-12-6-8-14-23(21)30(26,28)29/h2-14,18H,15-17H2,1H3,(H,25,27)/t18-/m1/s1. The molecule has 1 aliphatic heterocycles. The van der Waals surface area contributed by atoms with E-state index in [0.717, 1.165) is 18.4 Å². The minimum absolute atomic E-state index is 0.0623. The summed E-state index contributed by atoms with van der Waals surface area (Å²) in [6.45, 7) is 1.69. The Kier molecular flexibility index (Phi) is 5.59. The Morgan fingerprint density at radius 3 is 2.30 bits per heavy atom. The van der Waals surface area contributed by atoms with Gasteiger partial charge in [0.05, 0.1) is 10.6 Å². The molecule has 1 heterocycles. The fraction of sp³-hybridized carbons (Fsp3) is 0.208. The Bertz CT molecular complexity index is 1160. The molecule has 30 heavy (non-hydrogen) atoms. The van der Waals surface area contributed by atoms with E-state index in [1.165, 1.54) is 9.87 Å². The number of nitrogens with one attached hydrogen (secondary N) is 1. The molecular formula is C24H24N2O3S. The van der Waals surface area contributed by atoms with Crippen molar-refractivity contribution in [2.45, 2.75) is 30.7 Å². The van der Waals surface area contributed by atoms with E-state index in [1.807, 2.05) is 43.3 Å². The number of para-hydroxylation sites is 1. The molecule has 1 amide bonds. The van der Waals surface area contributed by atoms with Gasteiger partial charge in [0, 0.05) is 17.2 Å². The lowest BCUT2D eigenvalue weighted by atomic mass is 10.0. The zero-order valence-electron chi connectivity index (χ0n) is 16.8. The van der Waals surface area contributed by atoms with E-state index in [-0.39, 0.29) is 23.4 Å². The average Bonchev–Trinajstić information content (AvgIpc) is 2.76. The summed E-state index contributed by atoms with van der Waals surface area (Å²) in [5, 5.41) is 2.94. The lowest BCUT2D eigenvalue weighted by Gasteiger charge is -2.31. The predicted molar refractivity (Wildman–Crippen MR) is 119 cm³/mol. The predicted octanol–water partition coefficient (Wildman–Crippen LogP) is 4.00. The molecule has 6 heteroatoms. The lowest BCUT2D eigenvalue weighted by molar-refractivity contribution is -0.120. The van der Waals surface area contributed by atoms with Crippen LogP contribution in [0.5, 0.6) is 0 Å². The Balaban J connectivity index is 1.50. The number of aryl methyl sites for hydroxylation is 1. The molecule has 0 fully saturated rings. The largest absolute Gasteiger partial charge is 0.352 e. The van der Waals surface area contributed by atoms with Crippen molar-refractivity contribution in [3.63, 3.8) is 0 Å². The smallest absolute Gasteiger partial charge is 0.265 e. The number of fused-ring (bicyclic) bond motifs is 3. The molecule has 0 aliphatic carbocycles. The highest BCUT2D eigenvalue weighted by molar-refractivity contribution is 7.93. The number of benzene rings is 3. The molecule has 3 aromatic rings. The number of nitrogens with zero attached hydrogens (tertiary/aromatic N) is 1. The van der Waals surface area contributed by atoms with Crippen molar-refractivity contribution in [1.82, 2.24) is 5.32 Å². The summed E-state index contributed by atoms with van der Waals surface area (Å²) in [4.78, 5) is 13.0. The number of carbonyl (C=O) groups is 1. The minimum Gasteiger partial charge on any atom is -0.352 e. The third-order valence-electron chi connectivity index (χ3n) is 5.32. The second-order valence-electron chi connectivity index (χ2n) is 7.52. The molecule has 0 radical (unpaired) electrons. The number of sulfonamides is 1. The Morgan fingerprint density at radius 2 is 1.53 bits per heavy atom. The van der Waals surface area contributed by atoms with Crippen LogP contribution in [-0.2, 0) is 21.2 Å². The fourth-order valence-electron chi connectivity index (χ4n) is 3.80. The SMILES string of the molecule is C[C@H](CCc1ccccc1)NC(=O)CN1c2ccccc2-c2ccccc2S1(=O)=O. The second-order valence-corrected chi connectivity index (χ2v) is 9.35. The molecule has 0 unspecified atom stereocenters. The highest BCUT2D eigenvalue weighted by Gasteiger charge is 2.35. The Labute approximate surface area is 177 Å². The number of hydrogen-bond donors (Lipinski definition) is 1. The van der Waals surface area contributed by atoms with Crippen LogP contribution >= 0.6 is 0 Å². The van der Waals surface area contributed by atoms with Crippen molar-refractivity contribution in [3.8, 4) is 11.1 Å². The third-order valence-corrected chi connectivity index (χ3v) is 7.14. The van der Waals surface area contributed by atoms with Crippen LogP contribution in [-0.4, -0.2) is 26.9 Å². The van der Waals surface area contributed by atoms with Crippen LogP contribution < -0.4 is 9.62 Å². The second kappa shape index (κ2) is 8.32. The van der Waals surface area contributed by atoms with Gasteiger partial charge in [0.15, 0.2) is 0 Å². The molecule has 0 spiro atoms. The molecule has 0 bridgehead atoms. The maximum Gasteiger partial charge on any atom is 0.265 e. The normalized spacial score (nSPS) is 15.0. The van der Waals surface area contributed by atoms with Gasteiger partial charge in [0.25, 0.3) is 10.0 Å². The van der Waals surface area contributed by atoms with Crippen LogP contribution in [0, 0.1) is 0 Å². The summed E-state index contributed by atoms with van der Waals surface area (Å²) in [6, 6.07) is 24.2. The van der Waals surface area contributed by atoms with E-state index in [4.69, 9.17) is 0 Å². The van der Waals surface area contributed by atoms with E-state index >= 15 is 0 Å². The van der Waals surface area contributed by atoms with Crippen LogP contribution in [0.3, 0.4) is 0 Å². The van der Waals surface area contributed by atoms with Crippen LogP contribution in [0.25, 0.3) is 11.1 Å². The van der Waals surface area contributed by atoms with Crippen molar-refractivity contribution in [2.75, 3.05) is 10.8 Å². The van der Waals surface area contributed by atoms with Gasteiger partial charge in [0.2, 0.25) is 5.91 Å². The van der Waals surface area contributed by atoms with E-state index < -0.39 is 10.0 Å². The maximum atomic E-state index is 13.2. The van der Waals surface area contributed by atoms with Crippen molar-refractivity contribution < 1.29 is 13.2 Å². The topological polar surface area (TPSA) is 66.5 Å². The molecule has 5 nitrogen and oxygen atoms in total. The number of anilines is 1. The van der Waals surface area contributed by atoms with Crippen LogP contribution in [0.4, 0.5) is 5.69 Å². The van der Waals surface area contributed by atoms with Gasteiger partial charge < -0.3 is 5.32 Å². The number of hydrogen-bond acceptors (Lipinski definition) is 3. The molecule has 3 aromatic carbocycles. The first-order valence-corrected chi connectivity index (χ1v) is 11.5. The van der Waals surface area contributed by atoms with Gasteiger partial charge in [-0.2, -0.15) is 0 Å². The zero-order chi connectivity index (χ0) is 21.1. The third kappa shape index (κ3) is 3.96. The fourth-order valence-corrected chi connectivity index (χ4v) is 5.45. The van der Waals surface area contributed by atoms with Crippen molar-refractivity contribution in [1.29, 1.82) is 0 Å². The van der Waals surface area contributed by atoms with E-state index in [2.05, 4.69) is 17.4 Å². The van der Waals surface area contributed by atoms with Gasteiger partial charge in [-0.05, 0) is 37.5 Å². The van der Waals surface area contributed by atoms with Crippen molar-refractivity contribution in [2.24, 2.45) is 0 Å². The number of carbonyl (C=O) groups excluding carboxylic acids is 1. The Hall–Kier alpha value is -3.12. The molecule has 0 aromatic heterocycles. The van der Waals surface area contributed by atoms with Gasteiger partial charge >= 0.3 is 0 Å². The van der Waals surface area contributed by atoms with Gasteiger partial charge in [-0.25, -0.2) is 8.42 Å². The van der Waals surface area contributed by atoms with Gasteiger partial charge in [-0.3, -0.25) is 9.10 Å². The molecule has 0 saturated heterocycles. The first-order chi connectivity index (χ1) is 14.5. The van der Waals surface area contributed by atoms with E-state index in [1.54, 1.807) is 30.3 Å². The van der Waals surface area contributed by atoms with Crippen molar-refractivity contribution in [3.05, 3.63) is 84.4 Å². The monoisotopic (exact) mass is 420 g/mol. The highest BCUT2D eigenvalue weighted by Crippen LogP contribution is 2.42. The molecule has 154 valence electrons. The zero-order valence-corrected chi connectivity index (χ0v) is 17.6. The summed E-state index contributed by atoms with van der Waals surface area (Å²) >= 11 is 0. The summed E-state index contributed by atoms with van der Waals surface area (Å²) in [5.74, 6) is -0.312. The molecule has 0 saturated carbocycles. The summed E-state index contributed by atoms with van der Waals surface area (Å²) in [6.07, 6.45) is 1.63. The first-order valence-electron chi connectivity index (χ1n) is 10.0. The summed E-state index contributed by atoms with van der Waals surface area (Å²) in [5.41, 5.74) is 3.22. The van der Waals surface area contributed by atoms with Gasteiger partial charge in [0.1, 0.15) is 6.54 Å². The number of amides is 1. The molecule has 1 aliphatic rings. The molecule has 1 N–H and O–H groups in total. The van der Waals surface area contributed by atoms with Gasteiger partial charge in [-0.1, -0.05) is 66.7 Å². The average molecular weight is 421 g/mol. The number of rotatable bonds is 6. The molecule has 4 rings (SSSR count). The summed E-state index contributed by atoms with van der Waals surface area (Å²) < 4.78 is 27.7. The van der Waals surface area contributed by atoms with E-state index in [0.29, 0.717) is 11.3 Å².